The third kappa shape index (κ3) is 1.74. The van der Waals surface area contributed by atoms with Crippen molar-refractivity contribution in [2.24, 2.45) is 0 Å². The van der Waals surface area contributed by atoms with E-state index in [9.17, 15) is 4.57 Å². The Labute approximate surface area is 70.6 Å². The number of hydrogen-bond acceptors (Lipinski definition) is 5. The Morgan fingerprint density at radius 1 is 1.42 bits per heavy atom. The Morgan fingerprint density at radius 2 is 2.00 bits per heavy atom. The van der Waals surface area contributed by atoms with Gasteiger partial charge in [0.1, 0.15) is 13.0 Å². The summed E-state index contributed by atoms with van der Waals surface area (Å²) in [5.74, 6) is 0.306. The number of nitrogens with two attached hydrogens (primary N) is 2. The first-order valence-corrected chi connectivity index (χ1v) is 5.95. The van der Waals surface area contributed by atoms with Crippen molar-refractivity contribution in [1.82, 2.24) is 9.97 Å². The molecule has 0 saturated carbocycles. The Bertz CT molecular complexity index is 345. The normalized spacial score (nSPS) is 11.5. The van der Waals surface area contributed by atoms with Gasteiger partial charge in [-0.25, -0.2) is 4.98 Å². The van der Waals surface area contributed by atoms with Crippen LogP contribution < -0.4 is 16.8 Å². The zero-order valence-corrected chi connectivity index (χ0v) is 7.88. The minimum atomic E-state index is -2.38. The maximum Gasteiger partial charge on any atom is 0.221 e. The molecule has 0 bridgehead atoms. The summed E-state index contributed by atoms with van der Waals surface area (Å²) in [5, 5.41) is 0.483. The van der Waals surface area contributed by atoms with Crippen LogP contribution in [0.4, 0.5) is 11.8 Å². The first-order chi connectivity index (χ1) is 5.41. The van der Waals surface area contributed by atoms with E-state index in [1.54, 1.807) is 13.3 Å². The molecule has 4 N–H and O–H groups in total. The molecule has 0 amide bonds. The molecule has 0 aliphatic carbocycles. The average Bonchev–Trinajstić information content (AvgIpc) is 1.83. The van der Waals surface area contributed by atoms with Crippen molar-refractivity contribution < 1.29 is 4.57 Å². The van der Waals surface area contributed by atoms with Crippen LogP contribution in [-0.4, -0.2) is 23.3 Å². The van der Waals surface area contributed by atoms with Gasteiger partial charge in [-0.05, 0) is 13.3 Å². The summed E-state index contributed by atoms with van der Waals surface area (Å²) < 4.78 is 11.5. The summed E-state index contributed by atoms with van der Waals surface area (Å²) >= 11 is 0. The maximum atomic E-state index is 11.5. The number of nitrogen functional groups attached to an aromatic ring is 2. The van der Waals surface area contributed by atoms with Crippen molar-refractivity contribution >= 4 is 24.2 Å². The van der Waals surface area contributed by atoms with Gasteiger partial charge in [0.05, 0.1) is 5.30 Å². The van der Waals surface area contributed by atoms with Crippen molar-refractivity contribution in [1.29, 1.82) is 0 Å². The lowest BCUT2D eigenvalue weighted by Gasteiger charge is -2.08. The number of nitrogens with zero attached hydrogens (tertiary/aromatic N) is 2. The zero-order chi connectivity index (χ0) is 9.35. The van der Waals surface area contributed by atoms with E-state index in [0.717, 1.165) is 0 Å². The van der Waals surface area contributed by atoms with E-state index < -0.39 is 7.14 Å². The third-order valence-corrected chi connectivity index (χ3v) is 2.90. The molecule has 1 rings (SSSR count). The summed E-state index contributed by atoms with van der Waals surface area (Å²) in [7, 11) is -2.38. The highest BCUT2D eigenvalue weighted by Gasteiger charge is 2.16. The van der Waals surface area contributed by atoms with E-state index in [4.69, 9.17) is 11.5 Å². The molecule has 1 aromatic heterocycles. The second-order valence-corrected chi connectivity index (χ2v) is 6.03. The molecule has 6 heteroatoms. The molecule has 0 atom stereocenters. The molecule has 0 saturated heterocycles. The molecule has 0 aromatic carbocycles. The first kappa shape index (κ1) is 9.00. The quantitative estimate of drug-likeness (QED) is 0.596. The zero-order valence-electron chi connectivity index (χ0n) is 6.98. The summed E-state index contributed by atoms with van der Waals surface area (Å²) in [4.78, 5) is 7.43. The first-order valence-electron chi connectivity index (χ1n) is 3.35. The van der Waals surface area contributed by atoms with E-state index >= 15 is 0 Å². The molecule has 0 fully saturated rings. The highest BCUT2D eigenvalue weighted by molar-refractivity contribution is 7.70. The van der Waals surface area contributed by atoms with Crippen molar-refractivity contribution in [2.45, 2.75) is 0 Å². The standard InChI is InChI=1S/C6H11N4OP/c1-12(2,11)4-3-9-6(8)10-5(4)7/h3H,1-2H3,(H4,7,8,9,10). The fourth-order valence-electron chi connectivity index (χ4n) is 0.818. The van der Waals surface area contributed by atoms with Crippen LogP contribution >= 0.6 is 7.14 Å². The van der Waals surface area contributed by atoms with Crippen molar-refractivity contribution in [3.05, 3.63) is 6.20 Å². The molecule has 5 nitrogen and oxygen atoms in total. The van der Waals surface area contributed by atoms with E-state index in [1.165, 1.54) is 6.20 Å². The summed E-state index contributed by atoms with van der Waals surface area (Å²) in [6, 6.07) is 0. The summed E-state index contributed by atoms with van der Waals surface area (Å²) in [6.07, 6.45) is 1.42. The van der Waals surface area contributed by atoms with Gasteiger partial charge < -0.3 is 16.0 Å². The van der Waals surface area contributed by atoms with E-state index in [0.29, 0.717) is 5.30 Å². The van der Waals surface area contributed by atoms with Gasteiger partial charge in [0.15, 0.2) is 0 Å². The lowest BCUT2D eigenvalue weighted by Crippen LogP contribution is -2.14. The van der Waals surface area contributed by atoms with Crippen LogP contribution in [0, 0.1) is 0 Å². The average molecular weight is 186 g/mol. The Kier molecular flexibility index (Phi) is 2.06. The number of hydrogen-bond donors (Lipinski definition) is 2. The van der Waals surface area contributed by atoms with Gasteiger partial charge in [0.2, 0.25) is 5.95 Å². The predicted octanol–water partition coefficient (Wildman–Crippen LogP) is -0.111. The van der Waals surface area contributed by atoms with Gasteiger partial charge in [-0.3, -0.25) is 0 Å². The number of rotatable bonds is 1. The summed E-state index contributed by atoms with van der Waals surface area (Å²) in [5.41, 5.74) is 10.8. The van der Waals surface area contributed by atoms with Gasteiger partial charge in [0.25, 0.3) is 0 Å². The molecule has 0 aliphatic rings. The minimum absolute atomic E-state index is 0.102. The van der Waals surface area contributed by atoms with Gasteiger partial charge in [-0.1, -0.05) is 0 Å². The van der Waals surface area contributed by atoms with Crippen LogP contribution in [0.2, 0.25) is 0 Å². The van der Waals surface area contributed by atoms with Gasteiger partial charge in [-0.2, -0.15) is 4.98 Å². The van der Waals surface area contributed by atoms with Gasteiger partial charge in [0, 0.05) is 6.20 Å². The fourth-order valence-corrected chi connectivity index (χ4v) is 1.76. The fraction of sp³-hybridized carbons (Fsp3) is 0.333. The van der Waals surface area contributed by atoms with E-state index in [-0.39, 0.29) is 11.8 Å². The lowest BCUT2D eigenvalue weighted by atomic mass is 10.6. The van der Waals surface area contributed by atoms with E-state index in [1.807, 2.05) is 0 Å². The monoisotopic (exact) mass is 186 g/mol. The molecule has 1 heterocycles. The third-order valence-electron chi connectivity index (χ3n) is 1.40. The molecule has 0 unspecified atom stereocenters. The Hall–Kier alpha value is -1.09. The second kappa shape index (κ2) is 2.75. The lowest BCUT2D eigenvalue weighted by molar-refractivity contribution is 0.588. The topological polar surface area (TPSA) is 94.9 Å². The van der Waals surface area contributed by atoms with Crippen molar-refractivity contribution in [2.75, 3.05) is 24.8 Å². The minimum Gasteiger partial charge on any atom is -0.383 e. The van der Waals surface area contributed by atoms with Crippen LogP contribution in [0.15, 0.2) is 6.20 Å². The predicted molar refractivity (Wildman–Crippen MR) is 49.9 cm³/mol. The molecular formula is C6H11N4OP. The largest absolute Gasteiger partial charge is 0.383 e. The molecule has 0 radical (unpaired) electrons. The molecule has 66 valence electrons. The smallest absolute Gasteiger partial charge is 0.221 e. The van der Waals surface area contributed by atoms with Crippen LogP contribution in [0.5, 0.6) is 0 Å². The van der Waals surface area contributed by atoms with Crippen LogP contribution in [0.25, 0.3) is 0 Å². The molecule has 12 heavy (non-hydrogen) atoms. The molecule has 0 spiro atoms. The molecular weight excluding hydrogens is 175 g/mol. The Morgan fingerprint density at radius 3 is 2.42 bits per heavy atom. The van der Waals surface area contributed by atoms with Crippen molar-refractivity contribution in [3.8, 4) is 0 Å². The second-order valence-electron chi connectivity index (χ2n) is 2.85. The van der Waals surface area contributed by atoms with Crippen LogP contribution in [0.3, 0.4) is 0 Å². The van der Waals surface area contributed by atoms with Gasteiger partial charge >= 0.3 is 0 Å². The number of anilines is 2. The number of aromatic nitrogens is 2. The Balaban J connectivity index is 3.28. The highest BCUT2D eigenvalue weighted by atomic mass is 31.2. The van der Waals surface area contributed by atoms with E-state index in [2.05, 4.69) is 9.97 Å². The highest BCUT2D eigenvalue weighted by Crippen LogP contribution is 2.35. The van der Waals surface area contributed by atoms with Gasteiger partial charge in [-0.15, -0.1) is 0 Å². The van der Waals surface area contributed by atoms with Crippen molar-refractivity contribution in [3.63, 3.8) is 0 Å². The SMILES string of the molecule is CP(C)(=O)c1cnc(N)nc1N. The molecule has 1 aromatic rings. The van der Waals surface area contributed by atoms with Crippen LogP contribution in [-0.2, 0) is 4.57 Å². The summed E-state index contributed by atoms with van der Waals surface area (Å²) in [6.45, 7) is 3.22. The van der Waals surface area contributed by atoms with Crippen LogP contribution in [0.1, 0.15) is 0 Å². The molecule has 0 aliphatic heterocycles. The maximum absolute atomic E-state index is 11.5.